The predicted octanol–water partition coefficient (Wildman–Crippen LogP) is 2.60. The van der Waals surface area contributed by atoms with Gasteiger partial charge in [0, 0.05) is 6.54 Å². The quantitative estimate of drug-likeness (QED) is 0.914. The third-order valence-electron chi connectivity index (χ3n) is 1.96. The van der Waals surface area contributed by atoms with Crippen LogP contribution in [0.15, 0.2) is 22.7 Å². The van der Waals surface area contributed by atoms with E-state index in [1.54, 1.807) is 25.3 Å². The van der Waals surface area contributed by atoms with E-state index in [2.05, 4.69) is 21.2 Å². The Labute approximate surface area is 97.9 Å². The highest BCUT2D eigenvalue weighted by Crippen LogP contribution is 2.28. The maximum atomic E-state index is 11.7. The first-order chi connectivity index (χ1) is 7.20. The lowest BCUT2D eigenvalue weighted by Gasteiger charge is -2.08. The monoisotopic (exact) mass is 271 g/mol. The summed E-state index contributed by atoms with van der Waals surface area (Å²) in [6.45, 7) is 2.70. The Morgan fingerprint density at radius 2 is 2.27 bits per heavy atom. The van der Waals surface area contributed by atoms with Crippen LogP contribution in [0.5, 0.6) is 5.75 Å². The Kier molecular flexibility index (Phi) is 4.62. The summed E-state index contributed by atoms with van der Waals surface area (Å²) in [5, 5.41) is 2.82. The van der Waals surface area contributed by atoms with Gasteiger partial charge < -0.3 is 10.1 Å². The van der Waals surface area contributed by atoms with E-state index >= 15 is 0 Å². The molecule has 0 atom stereocenters. The molecule has 0 unspecified atom stereocenters. The van der Waals surface area contributed by atoms with Crippen LogP contribution >= 0.6 is 15.9 Å². The molecule has 82 valence electrons. The molecule has 0 saturated heterocycles. The average molecular weight is 272 g/mol. The van der Waals surface area contributed by atoms with Crippen molar-refractivity contribution in [3.8, 4) is 5.75 Å². The third-order valence-corrected chi connectivity index (χ3v) is 2.78. The van der Waals surface area contributed by atoms with Gasteiger partial charge in [0.1, 0.15) is 5.75 Å². The molecule has 0 bridgehead atoms. The Morgan fingerprint density at radius 1 is 1.53 bits per heavy atom. The number of amides is 1. The highest BCUT2D eigenvalue weighted by atomic mass is 79.9. The number of methoxy groups -OCH3 is 1. The first-order valence-electron chi connectivity index (χ1n) is 4.81. The molecule has 0 radical (unpaired) electrons. The van der Waals surface area contributed by atoms with E-state index in [0.29, 0.717) is 22.3 Å². The molecule has 15 heavy (non-hydrogen) atoms. The smallest absolute Gasteiger partial charge is 0.252 e. The van der Waals surface area contributed by atoms with Crippen molar-refractivity contribution >= 4 is 21.8 Å². The number of hydrogen-bond acceptors (Lipinski definition) is 2. The molecule has 1 amide bonds. The van der Waals surface area contributed by atoms with Gasteiger partial charge in [0.25, 0.3) is 5.91 Å². The van der Waals surface area contributed by atoms with Gasteiger partial charge in [0.2, 0.25) is 0 Å². The van der Waals surface area contributed by atoms with E-state index in [1.165, 1.54) is 0 Å². The van der Waals surface area contributed by atoms with Crippen LogP contribution in [0, 0.1) is 0 Å². The summed E-state index contributed by atoms with van der Waals surface area (Å²) in [5.41, 5.74) is 0.600. The van der Waals surface area contributed by atoms with Crippen molar-refractivity contribution in [1.29, 1.82) is 0 Å². The predicted molar refractivity (Wildman–Crippen MR) is 63.3 cm³/mol. The van der Waals surface area contributed by atoms with Crippen molar-refractivity contribution in [3.63, 3.8) is 0 Å². The van der Waals surface area contributed by atoms with Crippen molar-refractivity contribution in [2.24, 2.45) is 0 Å². The summed E-state index contributed by atoms with van der Waals surface area (Å²) in [7, 11) is 1.58. The lowest BCUT2D eigenvalue weighted by molar-refractivity contribution is 0.0952. The van der Waals surface area contributed by atoms with Gasteiger partial charge >= 0.3 is 0 Å². The van der Waals surface area contributed by atoms with Crippen molar-refractivity contribution in [2.75, 3.05) is 13.7 Å². The van der Waals surface area contributed by atoms with Crippen molar-refractivity contribution in [2.45, 2.75) is 13.3 Å². The van der Waals surface area contributed by atoms with E-state index in [-0.39, 0.29) is 5.91 Å². The number of hydrogen-bond donors (Lipinski definition) is 1. The van der Waals surface area contributed by atoms with Crippen molar-refractivity contribution in [1.82, 2.24) is 5.32 Å². The molecule has 0 heterocycles. The van der Waals surface area contributed by atoms with E-state index in [9.17, 15) is 4.79 Å². The van der Waals surface area contributed by atoms with Gasteiger partial charge in [0.15, 0.2) is 0 Å². The third kappa shape index (κ3) is 2.96. The van der Waals surface area contributed by atoms with E-state index < -0.39 is 0 Å². The molecular weight excluding hydrogens is 258 g/mol. The van der Waals surface area contributed by atoms with Gasteiger partial charge in [-0.25, -0.2) is 0 Å². The van der Waals surface area contributed by atoms with Crippen molar-refractivity contribution < 1.29 is 9.53 Å². The minimum Gasteiger partial charge on any atom is -0.496 e. The maximum absolute atomic E-state index is 11.7. The second-order valence-corrected chi connectivity index (χ2v) is 3.87. The zero-order valence-corrected chi connectivity index (χ0v) is 10.4. The van der Waals surface area contributed by atoms with Crippen LogP contribution in [0.2, 0.25) is 0 Å². The van der Waals surface area contributed by atoms with Crippen molar-refractivity contribution in [3.05, 3.63) is 28.2 Å². The molecule has 0 aromatic heterocycles. The first kappa shape index (κ1) is 12.0. The fourth-order valence-electron chi connectivity index (χ4n) is 1.18. The summed E-state index contributed by atoms with van der Waals surface area (Å²) < 4.78 is 5.81. The van der Waals surface area contributed by atoms with Crippen LogP contribution in [0.1, 0.15) is 23.7 Å². The molecule has 0 aliphatic carbocycles. The van der Waals surface area contributed by atoms with Gasteiger partial charge in [-0.3, -0.25) is 4.79 Å². The summed E-state index contributed by atoms with van der Waals surface area (Å²) >= 11 is 3.35. The molecule has 0 saturated carbocycles. The molecule has 0 aliphatic heterocycles. The van der Waals surface area contributed by atoms with Gasteiger partial charge in [-0.2, -0.15) is 0 Å². The fourth-order valence-corrected chi connectivity index (χ4v) is 1.78. The topological polar surface area (TPSA) is 38.3 Å². The minimum atomic E-state index is -0.0809. The lowest BCUT2D eigenvalue weighted by Crippen LogP contribution is -2.24. The molecule has 1 aromatic rings. The Balaban J connectivity index is 2.89. The number of carbonyl (C=O) groups is 1. The fraction of sp³-hybridized carbons (Fsp3) is 0.364. The largest absolute Gasteiger partial charge is 0.496 e. The van der Waals surface area contributed by atoms with E-state index in [4.69, 9.17) is 4.74 Å². The number of halogens is 1. The second-order valence-electron chi connectivity index (χ2n) is 3.08. The number of nitrogens with one attached hydrogen (secondary N) is 1. The molecule has 1 rings (SSSR count). The molecule has 0 fully saturated rings. The van der Waals surface area contributed by atoms with Gasteiger partial charge in [-0.1, -0.05) is 13.0 Å². The van der Waals surface area contributed by atoms with Crippen LogP contribution < -0.4 is 10.1 Å². The zero-order valence-electron chi connectivity index (χ0n) is 8.84. The molecular formula is C11H14BrNO2. The van der Waals surface area contributed by atoms with Crippen LogP contribution in [0.25, 0.3) is 0 Å². The van der Waals surface area contributed by atoms with Crippen LogP contribution in [0.3, 0.4) is 0 Å². The van der Waals surface area contributed by atoms with Crippen LogP contribution in [0.4, 0.5) is 0 Å². The lowest BCUT2D eigenvalue weighted by atomic mass is 10.2. The highest BCUT2D eigenvalue weighted by molar-refractivity contribution is 9.10. The summed E-state index contributed by atoms with van der Waals surface area (Å²) in [5.74, 6) is 0.585. The number of carbonyl (C=O) groups excluding carboxylic acids is 1. The molecule has 1 aromatic carbocycles. The zero-order chi connectivity index (χ0) is 11.3. The summed E-state index contributed by atoms with van der Waals surface area (Å²) in [4.78, 5) is 11.7. The normalized spacial score (nSPS) is 9.80. The Hall–Kier alpha value is -1.03. The number of benzene rings is 1. The van der Waals surface area contributed by atoms with E-state index in [1.807, 2.05) is 6.92 Å². The maximum Gasteiger partial charge on any atom is 0.252 e. The molecule has 0 spiro atoms. The van der Waals surface area contributed by atoms with Crippen LogP contribution in [-0.2, 0) is 0 Å². The van der Waals surface area contributed by atoms with E-state index in [0.717, 1.165) is 6.42 Å². The number of ether oxygens (including phenoxy) is 1. The highest BCUT2D eigenvalue weighted by Gasteiger charge is 2.12. The van der Waals surface area contributed by atoms with Crippen LogP contribution in [-0.4, -0.2) is 19.6 Å². The second kappa shape index (κ2) is 5.75. The Bertz CT molecular complexity index is 352. The average Bonchev–Trinajstić information content (AvgIpc) is 2.26. The molecule has 1 N–H and O–H groups in total. The van der Waals surface area contributed by atoms with Gasteiger partial charge in [-0.05, 0) is 34.5 Å². The first-order valence-corrected chi connectivity index (χ1v) is 5.60. The molecule has 3 nitrogen and oxygen atoms in total. The van der Waals surface area contributed by atoms with Gasteiger partial charge in [-0.15, -0.1) is 0 Å². The SMILES string of the molecule is CCCNC(=O)c1cccc(OC)c1Br. The summed E-state index contributed by atoms with van der Waals surface area (Å²) in [6.07, 6.45) is 0.924. The van der Waals surface area contributed by atoms with Gasteiger partial charge in [0.05, 0.1) is 17.1 Å². The molecule has 0 aliphatic rings. The Morgan fingerprint density at radius 3 is 2.87 bits per heavy atom. The number of rotatable bonds is 4. The summed E-state index contributed by atoms with van der Waals surface area (Å²) in [6, 6.07) is 5.36. The standard InChI is InChI=1S/C11H14BrNO2/c1-3-7-13-11(14)8-5-4-6-9(15-2)10(8)12/h4-6H,3,7H2,1-2H3,(H,13,14). The minimum absolute atomic E-state index is 0.0809. The molecule has 4 heteroatoms.